The van der Waals surface area contributed by atoms with Gasteiger partial charge in [-0.2, -0.15) is 0 Å². The van der Waals surface area contributed by atoms with Crippen LogP contribution in [0.3, 0.4) is 0 Å². The predicted octanol–water partition coefficient (Wildman–Crippen LogP) is 0.478. The van der Waals surface area contributed by atoms with Crippen LogP contribution in [0.25, 0.3) is 0 Å². The lowest BCUT2D eigenvalue weighted by atomic mass is 9.94. The van der Waals surface area contributed by atoms with Crippen LogP contribution in [0.4, 0.5) is 0 Å². The second kappa shape index (κ2) is 8.51. The first-order valence-electron chi connectivity index (χ1n) is 7.24. The number of nitrogens with zero attached hydrogens (tertiary/aromatic N) is 1. The number of carbonyl (C=O) groups is 1. The topological polar surface area (TPSA) is 61.8 Å². The predicted molar refractivity (Wildman–Crippen MR) is 74.9 cm³/mol. The van der Waals surface area contributed by atoms with E-state index in [0.717, 1.165) is 26.3 Å². The highest BCUT2D eigenvalue weighted by molar-refractivity contribution is 5.76. The molecule has 1 heterocycles. The first-order valence-corrected chi connectivity index (χ1v) is 7.24. The zero-order chi connectivity index (χ0) is 14.3. The summed E-state index contributed by atoms with van der Waals surface area (Å²) in [6.07, 6.45) is 0.0264. The molecule has 2 atom stereocenters. The van der Waals surface area contributed by atoms with E-state index >= 15 is 0 Å². The molecule has 1 saturated heterocycles. The van der Waals surface area contributed by atoms with Crippen molar-refractivity contribution >= 4 is 5.91 Å². The van der Waals surface area contributed by atoms with Crippen molar-refractivity contribution in [2.24, 2.45) is 11.8 Å². The molecule has 1 aliphatic heterocycles. The number of rotatable bonds is 7. The van der Waals surface area contributed by atoms with E-state index in [1.165, 1.54) is 0 Å². The smallest absolute Gasteiger partial charge is 0.220 e. The fraction of sp³-hybridized carbons (Fsp3) is 0.929. The number of aliphatic hydroxyl groups excluding tert-OH is 1. The van der Waals surface area contributed by atoms with E-state index < -0.39 is 6.10 Å². The van der Waals surface area contributed by atoms with Gasteiger partial charge in [-0.3, -0.25) is 9.69 Å². The Hall–Kier alpha value is -0.650. The molecule has 0 saturated carbocycles. The molecule has 0 aliphatic carbocycles. The highest BCUT2D eigenvalue weighted by Crippen LogP contribution is 2.13. The summed E-state index contributed by atoms with van der Waals surface area (Å²) in [5.41, 5.74) is 0. The lowest BCUT2D eigenvalue weighted by Gasteiger charge is -2.28. The molecule has 1 fully saturated rings. The molecule has 0 aromatic heterocycles. The maximum absolute atomic E-state index is 11.7. The number of hydrogen-bond donors (Lipinski definition) is 2. The van der Waals surface area contributed by atoms with E-state index in [0.29, 0.717) is 31.3 Å². The Morgan fingerprint density at radius 2 is 1.95 bits per heavy atom. The van der Waals surface area contributed by atoms with Gasteiger partial charge >= 0.3 is 0 Å². The average molecular weight is 272 g/mol. The third-order valence-electron chi connectivity index (χ3n) is 3.75. The number of nitrogens with one attached hydrogen (secondary N) is 1. The van der Waals surface area contributed by atoms with Crippen molar-refractivity contribution < 1.29 is 14.6 Å². The zero-order valence-electron chi connectivity index (χ0n) is 12.4. The van der Waals surface area contributed by atoms with Crippen molar-refractivity contribution in [3.8, 4) is 0 Å². The van der Waals surface area contributed by atoms with Gasteiger partial charge in [-0.15, -0.1) is 0 Å². The first kappa shape index (κ1) is 16.4. The van der Waals surface area contributed by atoms with E-state index in [-0.39, 0.29) is 5.91 Å². The van der Waals surface area contributed by atoms with Crippen LogP contribution < -0.4 is 5.32 Å². The van der Waals surface area contributed by atoms with Crippen LogP contribution in [0.1, 0.15) is 27.2 Å². The van der Waals surface area contributed by atoms with Crippen molar-refractivity contribution in [2.45, 2.75) is 33.3 Å². The highest BCUT2D eigenvalue weighted by Gasteiger charge is 2.16. The van der Waals surface area contributed by atoms with Crippen molar-refractivity contribution in [3.63, 3.8) is 0 Å². The largest absolute Gasteiger partial charge is 0.390 e. The van der Waals surface area contributed by atoms with Crippen molar-refractivity contribution in [1.82, 2.24) is 10.2 Å². The Kier molecular flexibility index (Phi) is 7.34. The average Bonchev–Trinajstić information content (AvgIpc) is 2.37. The molecule has 19 heavy (non-hydrogen) atoms. The van der Waals surface area contributed by atoms with Crippen LogP contribution in [-0.4, -0.2) is 61.4 Å². The number of ether oxygens (including phenoxy) is 1. The number of β-amino-alcohol motifs (C(OH)–C–C–N with tert-alkyl or cyclic N) is 1. The van der Waals surface area contributed by atoms with E-state index in [1.54, 1.807) is 0 Å². The number of hydrogen-bond acceptors (Lipinski definition) is 4. The van der Waals surface area contributed by atoms with Crippen LogP contribution in [0.15, 0.2) is 0 Å². The van der Waals surface area contributed by atoms with Crippen LogP contribution in [0.2, 0.25) is 0 Å². The zero-order valence-corrected chi connectivity index (χ0v) is 12.4. The fourth-order valence-electron chi connectivity index (χ4n) is 1.98. The monoisotopic (exact) mass is 272 g/mol. The number of aliphatic hydroxyl groups is 1. The summed E-state index contributed by atoms with van der Waals surface area (Å²) in [6.45, 7) is 10.4. The molecule has 0 aromatic carbocycles. The maximum Gasteiger partial charge on any atom is 0.220 e. The summed E-state index contributed by atoms with van der Waals surface area (Å²) in [7, 11) is 0. The standard InChI is InChI=1S/C14H28N2O3/c1-11(2)12(3)8-14(18)15-9-13(17)10-16-4-6-19-7-5-16/h11-13,17H,4-10H2,1-3H3,(H,15,18). The van der Waals surface area contributed by atoms with Crippen LogP contribution >= 0.6 is 0 Å². The fourth-order valence-corrected chi connectivity index (χ4v) is 1.98. The highest BCUT2D eigenvalue weighted by atomic mass is 16.5. The molecule has 0 bridgehead atoms. The van der Waals surface area contributed by atoms with Crippen molar-refractivity contribution in [1.29, 1.82) is 0 Å². The SMILES string of the molecule is CC(C)C(C)CC(=O)NCC(O)CN1CCOCC1. The number of carbonyl (C=O) groups excluding carboxylic acids is 1. The molecule has 112 valence electrons. The molecule has 0 aromatic rings. The Morgan fingerprint density at radius 1 is 1.32 bits per heavy atom. The molecule has 5 heteroatoms. The summed E-state index contributed by atoms with van der Waals surface area (Å²) in [5, 5.41) is 12.7. The second-order valence-electron chi connectivity index (χ2n) is 5.80. The van der Waals surface area contributed by atoms with Crippen molar-refractivity contribution in [3.05, 3.63) is 0 Å². The summed E-state index contributed by atoms with van der Waals surface area (Å²) in [5.74, 6) is 0.905. The molecule has 0 radical (unpaired) electrons. The minimum absolute atomic E-state index is 0.0298. The Balaban J connectivity index is 2.14. The Morgan fingerprint density at radius 3 is 2.53 bits per heavy atom. The minimum atomic E-state index is -0.503. The van der Waals surface area contributed by atoms with E-state index in [1.807, 2.05) is 0 Å². The second-order valence-corrected chi connectivity index (χ2v) is 5.80. The third-order valence-corrected chi connectivity index (χ3v) is 3.75. The number of amides is 1. The minimum Gasteiger partial charge on any atom is -0.390 e. The molecule has 0 spiro atoms. The van der Waals surface area contributed by atoms with E-state index in [2.05, 4.69) is 31.0 Å². The molecule has 5 nitrogen and oxygen atoms in total. The summed E-state index contributed by atoms with van der Waals surface area (Å²) in [4.78, 5) is 13.9. The van der Waals surface area contributed by atoms with Crippen LogP contribution in [0.5, 0.6) is 0 Å². The van der Waals surface area contributed by atoms with Gasteiger partial charge in [0, 0.05) is 32.6 Å². The third kappa shape index (κ3) is 6.89. The van der Waals surface area contributed by atoms with Gasteiger partial charge in [-0.05, 0) is 11.8 Å². The summed E-state index contributed by atoms with van der Waals surface area (Å²) >= 11 is 0. The normalized spacial score (nSPS) is 20.3. The molecular weight excluding hydrogens is 244 g/mol. The van der Waals surface area contributed by atoms with E-state index in [9.17, 15) is 9.90 Å². The van der Waals surface area contributed by atoms with Crippen molar-refractivity contribution in [2.75, 3.05) is 39.4 Å². The van der Waals surface area contributed by atoms with Gasteiger partial charge in [-0.1, -0.05) is 20.8 Å². The molecule has 1 rings (SSSR count). The van der Waals surface area contributed by atoms with Gasteiger partial charge in [-0.25, -0.2) is 0 Å². The summed E-state index contributed by atoms with van der Waals surface area (Å²) < 4.78 is 5.25. The molecule has 1 amide bonds. The maximum atomic E-state index is 11.7. The van der Waals surface area contributed by atoms with Crippen LogP contribution in [-0.2, 0) is 9.53 Å². The van der Waals surface area contributed by atoms with Gasteiger partial charge in [0.25, 0.3) is 0 Å². The Bertz CT molecular complexity index is 265. The lowest BCUT2D eigenvalue weighted by Crippen LogP contribution is -2.44. The van der Waals surface area contributed by atoms with Gasteiger partial charge in [0.05, 0.1) is 19.3 Å². The molecular formula is C14H28N2O3. The first-order chi connectivity index (χ1) is 8.99. The quantitative estimate of drug-likeness (QED) is 0.707. The molecule has 1 aliphatic rings. The van der Waals surface area contributed by atoms with Gasteiger partial charge in [0.15, 0.2) is 0 Å². The number of morpholine rings is 1. The van der Waals surface area contributed by atoms with Crippen LogP contribution in [0, 0.1) is 11.8 Å². The van der Waals surface area contributed by atoms with Gasteiger partial charge < -0.3 is 15.2 Å². The van der Waals surface area contributed by atoms with Gasteiger partial charge in [0.2, 0.25) is 5.91 Å². The van der Waals surface area contributed by atoms with Gasteiger partial charge in [0.1, 0.15) is 0 Å². The molecule has 2 unspecified atom stereocenters. The summed E-state index contributed by atoms with van der Waals surface area (Å²) in [6, 6.07) is 0. The lowest BCUT2D eigenvalue weighted by molar-refractivity contribution is -0.122. The van der Waals surface area contributed by atoms with E-state index in [4.69, 9.17) is 4.74 Å². The molecule has 2 N–H and O–H groups in total. The Labute approximate surface area is 116 Å².